The second-order valence-corrected chi connectivity index (χ2v) is 4.47. The molecule has 0 aliphatic rings. The summed E-state index contributed by atoms with van der Waals surface area (Å²) in [6.07, 6.45) is 0. The second kappa shape index (κ2) is 5.12. The van der Waals surface area contributed by atoms with E-state index in [1.807, 2.05) is 26.0 Å². The van der Waals surface area contributed by atoms with Crippen molar-refractivity contribution in [2.45, 2.75) is 27.3 Å². The smallest absolute Gasteiger partial charge is 0.141 e. The van der Waals surface area contributed by atoms with E-state index in [9.17, 15) is 0 Å². The zero-order valence-corrected chi connectivity index (χ0v) is 11.3. The summed E-state index contributed by atoms with van der Waals surface area (Å²) in [6, 6.07) is 6.11. The molecule has 0 unspecified atom stereocenters. The summed E-state index contributed by atoms with van der Waals surface area (Å²) in [5.41, 5.74) is 5.56. The lowest BCUT2D eigenvalue weighted by molar-refractivity contribution is 0.416. The highest BCUT2D eigenvalue weighted by atomic mass is 16.5. The number of nitrogens with zero attached hydrogens (tertiary/aromatic N) is 1. The minimum Gasteiger partial charge on any atom is -0.495 e. The molecule has 1 aromatic carbocycles. The molecule has 0 radical (unpaired) electrons. The Morgan fingerprint density at radius 2 is 2.06 bits per heavy atom. The molecule has 4 nitrogen and oxygen atoms in total. The summed E-state index contributed by atoms with van der Waals surface area (Å²) >= 11 is 0. The van der Waals surface area contributed by atoms with Gasteiger partial charge in [0.2, 0.25) is 0 Å². The molecule has 4 heteroatoms. The van der Waals surface area contributed by atoms with Gasteiger partial charge in [-0.25, -0.2) is 0 Å². The molecule has 0 fully saturated rings. The highest BCUT2D eigenvalue weighted by Gasteiger charge is 2.08. The van der Waals surface area contributed by atoms with Gasteiger partial charge >= 0.3 is 0 Å². The fraction of sp³-hybridized carbons (Fsp3) is 0.357. The third-order valence-electron chi connectivity index (χ3n) is 3.09. The van der Waals surface area contributed by atoms with E-state index in [1.54, 1.807) is 7.11 Å². The Labute approximate surface area is 107 Å². The van der Waals surface area contributed by atoms with Crippen LogP contribution in [0.4, 0.5) is 5.69 Å². The van der Waals surface area contributed by atoms with Crippen molar-refractivity contribution < 1.29 is 4.74 Å². The molecule has 18 heavy (non-hydrogen) atoms. The van der Waals surface area contributed by atoms with Crippen molar-refractivity contribution in [3.63, 3.8) is 0 Å². The molecule has 0 atom stereocenters. The van der Waals surface area contributed by atoms with Crippen LogP contribution in [-0.4, -0.2) is 17.3 Å². The number of benzene rings is 1. The van der Waals surface area contributed by atoms with Crippen LogP contribution in [0.15, 0.2) is 18.2 Å². The Hall–Kier alpha value is -1.97. The molecular formula is C14H19N3O. The third kappa shape index (κ3) is 2.47. The van der Waals surface area contributed by atoms with E-state index in [1.165, 1.54) is 11.1 Å². The Morgan fingerprint density at radius 3 is 2.67 bits per heavy atom. The van der Waals surface area contributed by atoms with Crippen molar-refractivity contribution in [1.82, 2.24) is 10.2 Å². The van der Waals surface area contributed by atoms with Crippen LogP contribution in [0.1, 0.15) is 22.5 Å². The normalized spacial score (nSPS) is 10.4. The quantitative estimate of drug-likeness (QED) is 0.870. The van der Waals surface area contributed by atoms with Crippen molar-refractivity contribution in [2.24, 2.45) is 0 Å². The topological polar surface area (TPSA) is 49.9 Å². The van der Waals surface area contributed by atoms with E-state index in [4.69, 9.17) is 4.74 Å². The first kappa shape index (κ1) is 12.5. The number of nitrogens with one attached hydrogen (secondary N) is 2. The Morgan fingerprint density at radius 1 is 1.28 bits per heavy atom. The number of rotatable bonds is 4. The van der Waals surface area contributed by atoms with Crippen molar-refractivity contribution >= 4 is 5.69 Å². The zero-order chi connectivity index (χ0) is 13.1. The maximum Gasteiger partial charge on any atom is 0.141 e. The molecule has 0 bridgehead atoms. The fourth-order valence-electron chi connectivity index (χ4n) is 1.98. The van der Waals surface area contributed by atoms with E-state index in [-0.39, 0.29) is 0 Å². The number of anilines is 1. The van der Waals surface area contributed by atoms with Crippen LogP contribution < -0.4 is 10.1 Å². The first-order chi connectivity index (χ1) is 8.61. The maximum atomic E-state index is 5.34. The van der Waals surface area contributed by atoms with Crippen LogP contribution in [0.5, 0.6) is 5.75 Å². The second-order valence-electron chi connectivity index (χ2n) is 4.47. The lowest BCUT2D eigenvalue weighted by atomic mass is 10.1. The highest BCUT2D eigenvalue weighted by Crippen LogP contribution is 2.26. The molecule has 2 N–H and O–H groups in total. The monoisotopic (exact) mass is 245 g/mol. The molecule has 0 aliphatic heterocycles. The van der Waals surface area contributed by atoms with Crippen molar-refractivity contribution in [2.75, 3.05) is 12.4 Å². The Kier molecular flexibility index (Phi) is 3.55. The molecule has 96 valence electrons. The number of ether oxygens (including phenoxy) is 1. The van der Waals surface area contributed by atoms with Gasteiger partial charge in [0, 0.05) is 17.8 Å². The number of aromatic nitrogens is 2. The van der Waals surface area contributed by atoms with E-state index in [0.29, 0.717) is 0 Å². The molecule has 1 aromatic heterocycles. The maximum absolute atomic E-state index is 5.34. The number of H-pyrrole nitrogens is 1. The van der Waals surface area contributed by atoms with E-state index in [2.05, 4.69) is 28.5 Å². The minimum absolute atomic E-state index is 0.744. The summed E-state index contributed by atoms with van der Waals surface area (Å²) in [4.78, 5) is 0. The number of hydrogen-bond donors (Lipinski definition) is 2. The lowest BCUT2D eigenvalue weighted by Gasteiger charge is -2.12. The largest absolute Gasteiger partial charge is 0.495 e. The van der Waals surface area contributed by atoms with Crippen molar-refractivity contribution in [3.05, 3.63) is 40.7 Å². The van der Waals surface area contributed by atoms with Gasteiger partial charge < -0.3 is 10.1 Å². The molecule has 2 aromatic rings. The summed E-state index contributed by atoms with van der Waals surface area (Å²) in [7, 11) is 1.68. The summed E-state index contributed by atoms with van der Waals surface area (Å²) in [5, 5.41) is 10.6. The summed E-state index contributed by atoms with van der Waals surface area (Å²) in [5.74, 6) is 0.861. The number of aryl methyl sites for hydroxylation is 3. The summed E-state index contributed by atoms with van der Waals surface area (Å²) < 4.78 is 5.34. The molecule has 2 rings (SSSR count). The molecule has 0 spiro atoms. The van der Waals surface area contributed by atoms with Gasteiger partial charge in [-0.05, 0) is 38.5 Å². The van der Waals surface area contributed by atoms with Gasteiger partial charge in [0.15, 0.2) is 0 Å². The van der Waals surface area contributed by atoms with Crippen LogP contribution in [0.3, 0.4) is 0 Å². The standard InChI is InChI=1S/C14H19N3O/c1-9-5-6-14(18-4)13(7-9)15-8-12-10(2)16-17-11(12)3/h5-7,15H,8H2,1-4H3,(H,16,17). The van der Waals surface area contributed by atoms with Gasteiger partial charge in [-0.2, -0.15) is 5.10 Å². The number of methoxy groups -OCH3 is 1. The van der Waals surface area contributed by atoms with E-state index in [0.717, 1.165) is 29.4 Å². The first-order valence-electron chi connectivity index (χ1n) is 6.00. The van der Waals surface area contributed by atoms with Gasteiger partial charge in [-0.3, -0.25) is 5.10 Å². The van der Waals surface area contributed by atoms with Gasteiger partial charge in [0.05, 0.1) is 18.5 Å². The molecule has 0 aliphatic carbocycles. The van der Waals surface area contributed by atoms with Crippen LogP contribution in [0, 0.1) is 20.8 Å². The summed E-state index contributed by atoms with van der Waals surface area (Å²) in [6.45, 7) is 6.85. The van der Waals surface area contributed by atoms with Crippen LogP contribution in [0.2, 0.25) is 0 Å². The number of aromatic amines is 1. The van der Waals surface area contributed by atoms with Gasteiger partial charge in [-0.15, -0.1) is 0 Å². The Balaban J connectivity index is 2.17. The first-order valence-corrected chi connectivity index (χ1v) is 6.00. The molecule has 0 saturated carbocycles. The average Bonchev–Trinajstić information content (AvgIpc) is 2.67. The van der Waals surface area contributed by atoms with Gasteiger partial charge in [0.1, 0.15) is 5.75 Å². The van der Waals surface area contributed by atoms with E-state index < -0.39 is 0 Å². The number of hydrogen-bond acceptors (Lipinski definition) is 3. The third-order valence-corrected chi connectivity index (χ3v) is 3.09. The predicted molar refractivity (Wildman–Crippen MR) is 73.1 cm³/mol. The molecule has 0 saturated heterocycles. The van der Waals surface area contributed by atoms with Crippen LogP contribution in [0.25, 0.3) is 0 Å². The van der Waals surface area contributed by atoms with Gasteiger partial charge in [0.25, 0.3) is 0 Å². The Bertz CT molecular complexity index is 526. The lowest BCUT2D eigenvalue weighted by Crippen LogP contribution is -2.03. The van der Waals surface area contributed by atoms with Crippen LogP contribution >= 0.6 is 0 Å². The van der Waals surface area contributed by atoms with E-state index >= 15 is 0 Å². The minimum atomic E-state index is 0.744. The van der Waals surface area contributed by atoms with Gasteiger partial charge in [-0.1, -0.05) is 6.07 Å². The van der Waals surface area contributed by atoms with Crippen molar-refractivity contribution in [3.8, 4) is 5.75 Å². The molecule has 1 heterocycles. The van der Waals surface area contributed by atoms with Crippen molar-refractivity contribution in [1.29, 1.82) is 0 Å². The van der Waals surface area contributed by atoms with Crippen LogP contribution in [-0.2, 0) is 6.54 Å². The average molecular weight is 245 g/mol. The highest BCUT2D eigenvalue weighted by molar-refractivity contribution is 5.58. The molecular weight excluding hydrogens is 226 g/mol. The predicted octanol–water partition coefficient (Wildman–Crippen LogP) is 2.96. The zero-order valence-electron chi connectivity index (χ0n) is 11.3. The SMILES string of the molecule is COc1ccc(C)cc1NCc1c(C)n[nH]c1C. The molecule has 0 amide bonds. The fourth-order valence-corrected chi connectivity index (χ4v) is 1.98.